The number of anilines is 1. The maximum Gasteiger partial charge on any atom is 0.318 e. The maximum absolute atomic E-state index is 10.7. The summed E-state index contributed by atoms with van der Waals surface area (Å²) in [5, 5.41) is 22.2. The van der Waals surface area contributed by atoms with Crippen LogP contribution in [0.3, 0.4) is 0 Å². The van der Waals surface area contributed by atoms with Crippen LogP contribution in [0.1, 0.15) is 51.3 Å². The maximum atomic E-state index is 10.7. The number of nitrogens with zero attached hydrogens (tertiary/aromatic N) is 3. The second-order valence-corrected chi connectivity index (χ2v) is 6.40. The molecule has 21 heavy (non-hydrogen) atoms. The molecule has 2 fully saturated rings. The van der Waals surface area contributed by atoms with Gasteiger partial charge in [0.1, 0.15) is 0 Å². The van der Waals surface area contributed by atoms with E-state index in [-0.39, 0.29) is 0 Å². The van der Waals surface area contributed by atoms with E-state index in [1.807, 2.05) is 0 Å². The summed E-state index contributed by atoms with van der Waals surface area (Å²) in [5.74, 6) is 0.983. The molecule has 0 amide bonds. The van der Waals surface area contributed by atoms with Gasteiger partial charge >= 0.3 is 6.01 Å². The van der Waals surface area contributed by atoms with Crippen LogP contribution >= 0.6 is 0 Å². The SMILES string of the molecule is CCCNCc1nnc(N2CCC3(O)CCCCC3C2)o1. The zero-order valence-corrected chi connectivity index (χ0v) is 12.8. The molecule has 1 aromatic rings. The van der Waals surface area contributed by atoms with Gasteiger partial charge in [-0.1, -0.05) is 24.9 Å². The van der Waals surface area contributed by atoms with E-state index in [1.165, 1.54) is 6.42 Å². The van der Waals surface area contributed by atoms with Gasteiger partial charge in [0, 0.05) is 19.0 Å². The number of piperidine rings is 1. The molecule has 1 aliphatic heterocycles. The molecule has 0 radical (unpaired) electrons. The van der Waals surface area contributed by atoms with E-state index in [2.05, 4.69) is 27.3 Å². The van der Waals surface area contributed by atoms with Gasteiger partial charge in [-0.25, -0.2) is 0 Å². The minimum Gasteiger partial charge on any atom is -0.407 e. The third kappa shape index (κ3) is 3.21. The lowest BCUT2D eigenvalue weighted by atomic mass is 9.71. The Morgan fingerprint density at radius 1 is 1.38 bits per heavy atom. The van der Waals surface area contributed by atoms with Gasteiger partial charge in [-0.2, -0.15) is 0 Å². The molecule has 118 valence electrons. The molecular formula is C15H26N4O2. The molecule has 0 aromatic carbocycles. The minimum atomic E-state index is -0.458. The van der Waals surface area contributed by atoms with Gasteiger partial charge in [0.05, 0.1) is 12.1 Å². The predicted molar refractivity (Wildman–Crippen MR) is 80.0 cm³/mol. The fourth-order valence-corrected chi connectivity index (χ4v) is 3.56. The van der Waals surface area contributed by atoms with Gasteiger partial charge in [-0.05, 0) is 32.2 Å². The normalized spacial score (nSPS) is 29.4. The molecule has 0 spiro atoms. The van der Waals surface area contributed by atoms with Crippen LogP contribution in [0.2, 0.25) is 0 Å². The molecule has 6 nitrogen and oxygen atoms in total. The number of hydrogen-bond acceptors (Lipinski definition) is 6. The van der Waals surface area contributed by atoms with Gasteiger partial charge in [0.25, 0.3) is 0 Å². The summed E-state index contributed by atoms with van der Waals surface area (Å²) in [6, 6.07) is 0.607. The number of fused-ring (bicyclic) bond motifs is 1. The highest BCUT2D eigenvalue weighted by Gasteiger charge is 2.43. The van der Waals surface area contributed by atoms with Crippen LogP contribution in [0, 0.1) is 5.92 Å². The number of hydrogen-bond donors (Lipinski definition) is 2. The van der Waals surface area contributed by atoms with Crippen LogP contribution in [-0.4, -0.2) is 40.5 Å². The average Bonchev–Trinajstić information content (AvgIpc) is 2.95. The molecule has 2 atom stereocenters. The monoisotopic (exact) mass is 294 g/mol. The lowest BCUT2D eigenvalue weighted by molar-refractivity contribution is -0.0619. The molecule has 3 rings (SSSR count). The molecule has 1 aliphatic carbocycles. The Balaban J connectivity index is 1.60. The highest BCUT2D eigenvalue weighted by molar-refractivity contribution is 5.27. The first kappa shape index (κ1) is 14.8. The molecule has 1 saturated carbocycles. The van der Waals surface area contributed by atoms with Gasteiger partial charge in [-0.3, -0.25) is 0 Å². The second-order valence-electron chi connectivity index (χ2n) is 6.40. The lowest BCUT2D eigenvalue weighted by Crippen LogP contribution is -2.53. The zero-order valence-electron chi connectivity index (χ0n) is 12.8. The van der Waals surface area contributed by atoms with Crippen molar-refractivity contribution < 1.29 is 9.52 Å². The van der Waals surface area contributed by atoms with E-state index in [0.29, 0.717) is 24.4 Å². The van der Waals surface area contributed by atoms with Crippen LogP contribution in [0.15, 0.2) is 4.42 Å². The van der Waals surface area contributed by atoms with Crippen molar-refractivity contribution in [3.63, 3.8) is 0 Å². The third-order valence-electron chi connectivity index (χ3n) is 4.86. The van der Waals surface area contributed by atoms with Crippen LogP contribution < -0.4 is 10.2 Å². The Morgan fingerprint density at radius 3 is 3.14 bits per heavy atom. The molecule has 2 unspecified atom stereocenters. The Morgan fingerprint density at radius 2 is 2.29 bits per heavy atom. The Bertz CT molecular complexity index is 464. The standard InChI is InChI=1S/C15H26N4O2/c1-2-8-16-10-13-17-18-14(21-13)19-9-7-15(20)6-4-3-5-12(15)11-19/h12,16,20H,2-11H2,1H3. The average molecular weight is 294 g/mol. The largest absolute Gasteiger partial charge is 0.407 e. The van der Waals surface area contributed by atoms with Crippen molar-refractivity contribution in [3.8, 4) is 0 Å². The molecule has 2 heterocycles. The van der Waals surface area contributed by atoms with Crippen molar-refractivity contribution in [2.45, 2.75) is 57.6 Å². The van der Waals surface area contributed by atoms with E-state index in [9.17, 15) is 5.11 Å². The Kier molecular flexibility index (Phi) is 4.45. The minimum absolute atomic E-state index is 0.341. The Labute approximate surface area is 125 Å². The fourth-order valence-electron chi connectivity index (χ4n) is 3.56. The summed E-state index contributed by atoms with van der Waals surface area (Å²) in [4.78, 5) is 2.14. The highest BCUT2D eigenvalue weighted by atomic mass is 16.4. The summed E-state index contributed by atoms with van der Waals surface area (Å²) < 4.78 is 5.74. The zero-order chi connectivity index (χ0) is 14.7. The number of aromatic nitrogens is 2. The van der Waals surface area contributed by atoms with Crippen molar-refractivity contribution in [2.24, 2.45) is 5.92 Å². The fraction of sp³-hybridized carbons (Fsp3) is 0.867. The number of rotatable bonds is 5. The molecule has 6 heteroatoms. The van der Waals surface area contributed by atoms with Gasteiger partial charge in [0.15, 0.2) is 0 Å². The van der Waals surface area contributed by atoms with Crippen molar-refractivity contribution in [2.75, 3.05) is 24.5 Å². The molecule has 1 aromatic heterocycles. The molecular weight excluding hydrogens is 268 g/mol. The molecule has 0 bridgehead atoms. The molecule has 1 saturated heterocycles. The second kappa shape index (κ2) is 6.32. The predicted octanol–water partition coefficient (Wildman–Crippen LogP) is 1.70. The van der Waals surface area contributed by atoms with Crippen LogP contribution in [0.25, 0.3) is 0 Å². The molecule has 2 N–H and O–H groups in total. The molecule has 2 aliphatic rings. The van der Waals surface area contributed by atoms with Crippen molar-refractivity contribution >= 4 is 6.01 Å². The van der Waals surface area contributed by atoms with Gasteiger partial charge < -0.3 is 19.7 Å². The summed E-state index contributed by atoms with van der Waals surface area (Å²) in [6.07, 6.45) is 6.32. The summed E-state index contributed by atoms with van der Waals surface area (Å²) in [7, 11) is 0. The number of aliphatic hydroxyl groups is 1. The highest BCUT2D eigenvalue weighted by Crippen LogP contribution is 2.40. The van der Waals surface area contributed by atoms with Crippen LogP contribution in [0.5, 0.6) is 0 Å². The lowest BCUT2D eigenvalue weighted by Gasteiger charge is -2.46. The van der Waals surface area contributed by atoms with Crippen LogP contribution in [0.4, 0.5) is 6.01 Å². The van der Waals surface area contributed by atoms with Gasteiger partial charge in [0.2, 0.25) is 5.89 Å². The van der Waals surface area contributed by atoms with E-state index < -0.39 is 5.60 Å². The topological polar surface area (TPSA) is 74.4 Å². The van der Waals surface area contributed by atoms with E-state index in [0.717, 1.165) is 51.7 Å². The van der Waals surface area contributed by atoms with E-state index in [1.54, 1.807) is 0 Å². The number of nitrogens with one attached hydrogen (secondary N) is 1. The summed E-state index contributed by atoms with van der Waals surface area (Å²) >= 11 is 0. The third-order valence-corrected chi connectivity index (χ3v) is 4.86. The van der Waals surface area contributed by atoms with Crippen molar-refractivity contribution in [1.82, 2.24) is 15.5 Å². The van der Waals surface area contributed by atoms with Crippen molar-refractivity contribution in [3.05, 3.63) is 5.89 Å². The van der Waals surface area contributed by atoms with Crippen LogP contribution in [-0.2, 0) is 6.54 Å². The summed E-state index contributed by atoms with van der Waals surface area (Å²) in [6.45, 7) is 5.35. The first-order valence-electron chi connectivity index (χ1n) is 8.22. The summed E-state index contributed by atoms with van der Waals surface area (Å²) in [5.41, 5.74) is -0.458. The van der Waals surface area contributed by atoms with E-state index >= 15 is 0 Å². The smallest absolute Gasteiger partial charge is 0.318 e. The first-order valence-corrected chi connectivity index (χ1v) is 8.22. The Hall–Kier alpha value is -1.14. The van der Waals surface area contributed by atoms with Crippen molar-refractivity contribution in [1.29, 1.82) is 0 Å². The van der Waals surface area contributed by atoms with Gasteiger partial charge in [-0.15, -0.1) is 5.10 Å². The van der Waals surface area contributed by atoms with E-state index in [4.69, 9.17) is 4.42 Å². The quantitative estimate of drug-likeness (QED) is 0.805. The first-order chi connectivity index (χ1) is 10.2.